The molecule has 5 nitrogen and oxygen atoms in total. The SMILES string of the molecule is CCn1c(-c2cccnc2Oc2ccccc2)n[nH]c1=S. The van der Waals surface area contributed by atoms with Gasteiger partial charge in [-0.05, 0) is 43.4 Å². The predicted molar refractivity (Wildman–Crippen MR) is 82.8 cm³/mol. The van der Waals surface area contributed by atoms with Crippen LogP contribution in [-0.4, -0.2) is 19.7 Å². The van der Waals surface area contributed by atoms with Crippen molar-refractivity contribution < 1.29 is 4.74 Å². The van der Waals surface area contributed by atoms with Gasteiger partial charge in [-0.25, -0.2) is 4.98 Å². The first-order valence-corrected chi connectivity index (χ1v) is 7.04. The number of para-hydroxylation sites is 1. The Balaban J connectivity index is 2.06. The van der Waals surface area contributed by atoms with E-state index in [0.29, 0.717) is 10.7 Å². The van der Waals surface area contributed by atoms with Gasteiger partial charge < -0.3 is 9.30 Å². The van der Waals surface area contributed by atoms with Gasteiger partial charge in [0.25, 0.3) is 0 Å². The molecule has 3 aromatic rings. The predicted octanol–water partition coefficient (Wildman–Crippen LogP) is 3.81. The summed E-state index contributed by atoms with van der Waals surface area (Å²) >= 11 is 5.23. The van der Waals surface area contributed by atoms with Gasteiger partial charge in [0, 0.05) is 12.7 Å². The highest BCUT2D eigenvalue weighted by atomic mass is 32.1. The van der Waals surface area contributed by atoms with E-state index < -0.39 is 0 Å². The van der Waals surface area contributed by atoms with E-state index in [1.54, 1.807) is 6.20 Å². The molecule has 0 aliphatic rings. The summed E-state index contributed by atoms with van der Waals surface area (Å²) in [5.41, 5.74) is 0.801. The maximum Gasteiger partial charge on any atom is 0.230 e. The molecule has 2 heterocycles. The fourth-order valence-electron chi connectivity index (χ4n) is 2.06. The van der Waals surface area contributed by atoms with Crippen LogP contribution in [0.15, 0.2) is 48.7 Å². The monoisotopic (exact) mass is 298 g/mol. The second-order valence-corrected chi connectivity index (χ2v) is 4.75. The number of pyridine rings is 1. The highest BCUT2D eigenvalue weighted by Crippen LogP contribution is 2.29. The van der Waals surface area contributed by atoms with E-state index in [4.69, 9.17) is 17.0 Å². The molecule has 0 unspecified atom stereocenters. The molecule has 2 aromatic heterocycles. The molecule has 0 fully saturated rings. The molecule has 0 amide bonds. The van der Waals surface area contributed by atoms with Crippen LogP contribution >= 0.6 is 12.2 Å². The number of ether oxygens (including phenoxy) is 1. The van der Waals surface area contributed by atoms with Gasteiger partial charge in [-0.3, -0.25) is 5.10 Å². The number of hydrogen-bond acceptors (Lipinski definition) is 4. The summed E-state index contributed by atoms with van der Waals surface area (Å²) in [7, 11) is 0. The molecule has 1 N–H and O–H groups in total. The van der Waals surface area contributed by atoms with E-state index in [0.717, 1.165) is 23.7 Å². The largest absolute Gasteiger partial charge is 0.438 e. The molecular formula is C15H14N4OS. The Morgan fingerprint density at radius 3 is 2.76 bits per heavy atom. The summed E-state index contributed by atoms with van der Waals surface area (Å²) in [6, 6.07) is 13.3. The Labute approximate surface area is 127 Å². The van der Waals surface area contributed by atoms with E-state index in [-0.39, 0.29) is 0 Å². The maximum absolute atomic E-state index is 5.86. The number of rotatable bonds is 4. The van der Waals surface area contributed by atoms with Gasteiger partial charge in [0.1, 0.15) is 5.75 Å². The second kappa shape index (κ2) is 5.88. The number of aromatic nitrogens is 4. The fourth-order valence-corrected chi connectivity index (χ4v) is 2.32. The van der Waals surface area contributed by atoms with Crippen molar-refractivity contribution in [3.63, 3.8) is 0 Å². The fraction of sp³-hybridized carbons (Fsp3) is 0.133. The van der Waals surface area contributed by atoms with Gasteiger partial charge >= 0.3 is 0 Å². The minimum Gasteiger partial charge on any atom is -0.438 e. The summed E-state index contributed by atoms with van der Waals surface area (Å²) in [5.74, 6) is 1.96. The summed E-state index contributed by atoms with van der Waals surface area (Å²) in [6.45, 7) is 2.74. The zero-order chi connectivity index (χ0) is 14.7. The summed E-state index contributed by atoms with van der Waals surface area (Å²) in [5, 5.41) is 7.10. The number of hydrogen-bond donors (Lipinski definition) is 1. The summed E-state index contributed by atoms with van der Waals surface area (Å²) in [6.07, 6.45) is 1.69. The molecular weight excluding hydrogens is 284 g/mol. The smallest absolute Gasteiger partial charge is 0.230 e. The third-order valence-electron chi connectivity index (χ3n) is 3.04. The average Bonchev–Trinajstić information content (AvgIpc) is 2.89. The Morgan fingerprint density at radius 2 is 2.00 bits per heavy atom. The van der Waals surface area contributed by atoms with Crippen LogP contribution in [0.1, 0.15) is 6.92 Å². The Kier molecular flexibility index (Phi) is 3.79. The quantitative estimate of drug-likeness (QED) is 0.744. The first-order valence-electron chi connectivity index (χ1n) is 6.63. The molecule has 0 saturated heterocycles. The van der Waals surface area contributed by atoms with Crippen molar-refractivity contribution in [3.05, 3.63) is 53.4 Å². The second-order valence-electron chi connectivity index (χ2n) is 4.37. The van der Waals surface area contributed by atoms with E-state index in [9.17, 15) is 0 Å². The average molecular weight is 298 g/mol. The van der Waals surface area contributed by atoms with Gasteiger partial charge in [0.05, 0.1) is 5.56 Å². The number of nitrogens with zero attached hydrogens (tertiary/aromatic N) is 3. The lowest BCUT2D eigenvalue weighted by molar-refractivity contribution is 0.464. The lowest BCUT2D eigenvalue weighted by Crippen LogP contribution is -2.00. The van der Waals surface area contributed by atoms with Gasteiger partial charge in [-0.2, -0.15) is 5.10 Å². The molecule has 1 aromatic carbocycles. The zero-order valence-corrected chi connectivity index (χ0v) is 12.3. The molecule has 106 valence electrons. The van der Waals surface area contributed by atoms with Crippen LogP contribution in [0.3, 0.4) is 0 Å². The molecule has 0 aliphatic heterocycles. The van der Waals surface area contributed by atoms with Crippen LogP contribution in [0.2, 0.25) is 0 Å². The van der Waals surface area contributed by atoms with Gasteiger partial charge in [0.2, 0.25) is 5.88 Å². The van der Waals surface area contributed by atoms with Crippen molar-refractivity contribution in [3.8, 4) is 23.0 Å². The molecule has 0 saturated carbocycles. The Bertz CT molecular complexity index is 795. The highest BCUT2D eigenvalue weighted by molar-refractivity contribution is 7.71. The lowest BCUT2D eigenvalue weighted by atomic mass is 10.2. The third kappa shape index (κ3) is 2.71. The van der Waals surface area contributed by atoms with E-state index in [2.05, 4.69) is 15.2 Å². The number of H-pyrrole nitrogens is 1. The molecule has 0 atom stereocenters. The first-order chi connectivity index (χ1) is 10.3. The Hall–Kier alpha value is -2.47. The molecule has 0 radical (unpaired) electrons. The number of benzene rings is 1. The number of aromatic amines is 1. The van der Waals surface area contributed by atoms with Crippen LogP contribution in [0, 0.1) is 4.77 Å². The maximum atomic E-state index is 5.86. The molecule has 6 heteroatoms. The minimum absolute atomic E-state index is 0.507. The van der Waals surface area contributed by atoms with E-state index in [1.165, 1.54) is 0 Å². The molecule has 0 aliphatic carbocycles. The highest BCUT2D eigenvalue weighted by Gasteiger charge is 2.14. The zero-order valence-electron chi connectivity index (χ0n) is 11.5. The van der Waals surface area contributed by atoms with Crippen LogP contribution in [0.4, 0.5) is 0 Å². The Morgan fingerprint density at radius 1 is 1.19 bits per heavy atom. The van der Waals surface area contributed by atoms with E-state index in [1.807, 2.05) is 54.0 Å². The van der Waals surface area contributed by atoms with Crippen molar-refractivity contribution in [2.45, 2.75) is 13.5 Å². The van der Waals surface area contributed by atoms with E-state index >= 15 is 0 Å². The number of nitrogens with one attached hydrogen (secondary N) is 1. The van der Waals surface area contributed by atoms with Gasteiger partial charge in [0.15, 0.2) is 10.6 Å². The van der Waals surface area contributed by atoms with Crippen LogP contribution < -0.4 is 4.74 Å². The molecule has 0 spiro atoms. The topological polar surface area (TPSA) is 55.7 Å². The standard InChI is InChI=1S/C15H14N4OS/c1-2-19-13(17-18-15(19)21)12-9-6-10-16-14(12)20-11-7-4-3-5-8-11/h3-10H,2H2,1H3,(H,18,21). The third-order valence-corrected chi connectivity index (χ3v) is 3.36. The molecule has 0 bridgehead atoms. The van der Waals surface area contributed by atoms with Crippen molar-refractivity contribution in [2.75, 3.05) is 0 Å². The van der Waals surface area contributed by atoms with Crippen LogP contribution in [0.25, 0.3) is 11.4 Å². The molecule has 21 heavy (non-hydrogen) atoms. The normalized spacial score (nSPS) is 10.5. The lowest BCUT2D eigenvalue weighted by Gasteiger charge is -2.09. The summed E-state index contributed by atoms with van der Waals surface area (Å²) < 4.78 is 8.35. The summed E-state index contributed by atoms with van der Waals surface area (Å²) in [4.78, 5) is 4.31. The van der Waals surface area contributed by atoms with Crippen molar-refractivity contribution >= 4 is 12.2 Å². The van der Waals surface area contributed by atoms with Crippen LogP contribution in [0.5, 0.6) is 11.6 Å². The first kappa shape index (κ1) is 13.5. The van der Waals surface area contributed by atoms with Gasteiger partial charge in [-0.15, -0.1) is 0 Å². The van der Waals surface area contributed by atoms with Crippen molar-refractivity contribution in [1.29, 1.82) is 0 Å². The molecule has 3 rings (SSSR count). The van der Waals surface area contributed by atoms with Crippen molar-refractivity contribution in [1.82, 2.24) is 19.7 Å². The van der Waals surface area contributed by atoms with Crippen molar-refractivity contribution in [2.24, 2.45) is 0 Å². The van der Waals surface area contributed by atoms with Gasteiger partial charge in [-0.1, -0.05) is 18.2 Å². The minimum atomic E-state index is 0.507. The van der Waals surface area contributed by atoms with Crippen LogP contribution in [-0.2, 0) is 6.54 Å².